The second kappa shape index (κ2) is 6.33. The van der Waals surface area contributed by atoms with Crippen LogP contribution in [0.3, 0.4) is 0 Å². The lowest BCUT2D eigenvalue weighted by Crippen LogP contribution is -2.12. The van der Waals surface area contributed by atoms with Crippen LogP contribution >= 0.6 is 0 Å². The Labute approximate surface area is 127 Å². The molecule has 0 saturated heterocycles. The molecule has 1 aliphatic carbocycles. The fourth-order valence-electron chi connectivity index (χ4n) is 3.41. The van der Waals surface area contributed by atoms with Crippen molar-refractivity contribution >= 4 is 22.3 Å². The average Bonchev–Trinajstić information content (AvgIpc) is 2.49. The molecule has 3 N–H and O–H groups in total. The van der Waals surface area contributed by atoms with E-state index in [0.717, 1.165) is 34.7 Å². The van der Waals surface area contributed by atoms with Gasteiger partial charge in [-0.15, -0.1) is 0 Å². The Bertz CT molecular complexity index is 615. The summed E-state index contributed by atoms with van der Waals surface area (Å²) in [5.74, 6) is 0.908. The molecule has 112 valence electrons. The summed E-state index contributed by atoms with van der Waals surface area (Å²) in [7, 11) is 0. The van der Waals surface area contributed by atoms with Gasteiger partial charge in [-0.05, 0) is 43.5 Å². The SMILES string of the molecule is Cc1cc(NCCC2CCCCC2)c2cc(N)ccc2n1. The number of hydrogen-bond donors (Lipinski definition) is 2. The fourth-order valence-corrected chi connectivity index (χ4v) is 3.41. The van der Waals surface area contributed by atoms with Crippen LogP contribution in [-0.2, 0) is 0 Å². The van der Waals surface area contributed by atoms with Gasteiger partial charge in [-0.1, -0.05) is 32.1 Å². The van der Waals surface area contributed by atoms with Gasteiger partial charge in [0, 0.05) is 29.0 Å². The highest BCUT2D eigenvalue weighted by molar-refractivity contribution is 5.93. The summed E-state index contributed by atoms with van der Waals surface area (Å²) in [6.45, 7) is 3.08. The van der Waals surface area contributed by atoms with Crippen LogP contribution in [0.5, 0.6) is 0 Å². The number of aryl methyl sites for hydroxylation is 1. The number of anilines is 2. The third kappa shape index (κ3) is 3.46. The summed E-state index contributed by atoms with van der Waals surface area (Å²) >= 11 is 0. The van der Waals surface area contributed by atoms with E-state index in [1.807, 2.05) is 25.1 Å². The Morgan fingerprint density at radius 1 is 1.19 bits per heavy atom. The van der Waals surface area contributed by atoms with Crippen molar-refractivity contribution in [2.75, 3.05) is 17.6 Å². The van der Waals surface area contributed by atoms with E-state index in [0.29, 0.717) is 0 Å². The topological polar surface area (TPSA) is 50.9 Å². The number of rotatable bonds is 4. The van der Waals surface area contributed by atoms with Crippen molar-refractivity contribution in [3.8, 4) is 0 Å². The lowest BCUT2D eigenvalue weighted by atomic mass is 9.87. The van der Waals surface area contributed by atoms with Gasteiger partial charge >= 0.3 is 0 Å². The molecule has 1 heterocycles. The van der Waals surface area contributed by atoms with Crippen LogP contribution in [0.1, 0.15) is 44.2 Å². The van der Waals surface area contributed by atoms with E-state index in [1.165, 1.54) is 44.2 Å². The lowest BCUT2D eigenvalue weighted by Gasteiger charge is -2.22. The minimum absolute atomic E-state index is 0.795. The highest BCUT2D eigenvalue weighted by Crippen LogP contribution is 2.28. The first kappa shape index (κ1) is 14.2. The molecule has 0 radical (unpaired) electrons. The Morgan fingerprint density at radius 2 is 2.00 bits per heavy atom. The van der Waals surface area contributed by atoms with Crippen LogP contribution in [0.25, 0.3) is 10.9 Å². The van der Waals surface area contributed by atoms with Gasteiger partial charge in [0.1, 0.15) is 0 Å². The molecule has 0 bridgehead atoms. The molecule has 1 aromatic carbocycles. The number of benzene rings is 1. The number of nitrogens with two attached hydrogens (primary N) is 1. The van der Waals surface area contributed by atoms with E-state index in [-0.39, 0.29) is 0 Å². The fraction of sp³-hybridized carbons (Fsp3) is 0.500. The summed E-state index contributed by atoms with van der Waals surface area (Å²) < 4.78 is 0. The van der Waals surface area contributed by atoms with Gasteiger partial charge in [0.2, 0.25) is 0 Å². The number of nitrogens with zero attached hydrogens (tertiary/aromatic N) is 1. The maximum atomic E-state index is 5.92. The highest BCUT2D eigenvalue weighted by Gasteiger charge is 2.13. The summed E-state index contributed by atoms with van der Waals surface area (Å²) in [4.78, 5) is 4.58. The molecule has 1 saturated carbocycles. The van der Waals surface area contributed by atoms with Gasteiger partial charge in [0.05, 0.1) is 5.52 Å². The van der Waals surface area contributed by atoms with Gasteiger partial charge < -0.3 is 11.1 Å². The first-order chi connectivity index (χ1) is 10.2. The minimum atomic E-state index is 0.795. The molecule has 1 fully saturated rings. The predicted molar refractivity (Wildman–Crippen MR) is 90.6 cm³/mol. The van der Waals surface area contributed by atoms with Crippen molar-refractivity contribution in [3.05, 3.63) is 30.0 Å². The number of pyridine rings is 1. The molecule has 2 aromatic rings. The number of hydrogen-bond acceptors (Lipinski definition) is 3. The first-order valence-corrected chi connectivity index (χ1v) is 8.13. The first-order valence-electron chi connectivity index (χ1n) is 8.13. The van der Waals surface area contributed by atoms with E-state index in [9.17, 15) is 0 Å². The monoisotopic (exact) mass is 283 g/mol. The van der Waals surface area contributed by atoms with Crippen LogP contribution in [0.2, 0.25) is 0 Å². The average molecular weight is 283 g/mol. The molecule has 0 unspecified atom stereocenters. The van der Waals surface area contributed by atoms with Crippen molar-refractivity contribution in [3.63, 3.8) is 0 Å². The molecular formula is C18H25N3. The van der Waals surface area contributed by atoms with Gasteiger partial charge in [-0.2, -0.15) is 0 Å². The zero-order valence-electron chi connectivity index (χ0n) is 12.9. The molecule has 1 aliphatic rings. The van der Waals surface area contributed by atoms with Crippen LogP contribution < -0.4 is 11.1 Å². The van der Waals surface area contributed by atoms with Crippen LogP contribution in [-0.4, -0.2) is 11.5 Å². The molecule has 3 nitrogen and oxygen atoms in total. The largest absolute Gasteiger partial charge is 0.399 e. The van der Waals surface area contributed by atoms with Gasteiger partial charge in [0.15, 0.2) is 0 Å². The van der Waals surface area contributed by atoms with Crippen LogP contribution in [0.4, 0.5) is 11.4 Å². The second-order valence-electron chi connectivity index (χ2n) is 6.31. The predicted octanol–water partition coefficient (Wildman–Crippen LogP) is 4.51. The molecule has 0 aliphatic heterocycles. The van der Waals surface area contributed by atoms with Crippen molar-refractivity contribution in [2.24, 2.45) is 5.92 Å². The van der Waals surface area contributed by atoms with E-state index < -0.39 is 0 Å². The lowest BCUT2D eigenvalue weighted by molar-refractivity contribution is 0.345. The van der Waals surface area contributed by atoms with E-state index in [4.69, 9.17) is 5.73 Å². The van der Waals surface area contributed by atoms with Gasteiger partial charge in [0.25, 0.3) is 0 Å². The maximum absolute atomic E-state index is 5.92. The van der Waals surface area contributed by atoms with Crippen LogP contribution in [0, 0.1) is 12.8 Å². The number of aromatic nitrogens is 1. The normalized spacial score (nSPS) is 16.2. The van der Waals surface area contributed by atoms with Crippen LogP contribution in [0.15, 0.2) is 24.3 Å². The zero-order chi connectivity index (χ0) is 14.7. The summed E-state index contributed by atoms with van der Waals surface area (Å²) in [6, 6.07) is 8.07. The number of nitrogen functional groups attached to an aromatic ring is 1. The maximum Gasteiger partial charge on any atom is 0.0727 e. The zero-order valence-corrected chi connectivity index (χ0v) is 12.9. The molecule has 0 amide bonds. The standard InChI is InChI=1S/C18H25N3/c1-13-11-18(16-12-15(19)7-8-17(16)21-13)20-10-9-14-5-3-2-4-6-14/h7-8,11-12,14H,2-6,9-10,19H2,1H3,(H,20,21). The Balaban J connectivity index is 1.71. The second-order valence-corrected chi connectivity index (χ2v) is 6.31. The summed E-state index contributed by atoms with van der Waals surface area (Å²) in [6.07, 6.45) is 8.34. The molecule has 0 spiro atoms. The Hall–Kier alpha value is -1.77. The number of fused-ring (bicyclic) bond motifs is 1. The van der Waals surface area contributed by atoms with Gasteiger partial charge in [-0.25, -0.2) is 0 Å². The highest BCUT2D eigenvalue weighted by atomic mass is 14.9. The van der Waals surface area contributed by atoms with Gasteiger partial charge in [-0.3, -0.25) is 4.98 Å². The van der Waals surface area contributed by atoms with Crippen molar-refractivity contribution < 1.29 is 0 Å². The molecule has 3 rings (SSSR count). The Morgan fingerprint density at radius 3 is 2.81 bits per heavy atom. The molecule has 3 heteroatoms. The minimum Gasteiger partial charge on any atom is -0.399 e. The van der Waals surface area contributed by atoms with E-state index in [2.05, 4.69) is 16.4 Å². The van der Waals surface area contributed by atoms with Crippen molar-refractivity contribution in [1.29, 1.82) is 0 Å². The smallest absolute Gasteiger partial charge is 0.0727 e. The Kier molecular flexibility index (Phi) is 4.28. The quantitative estimate of drug-likeness (QED) is 0.812. The van der Waals surface area contributed by atoms with Crippen molar-refractivity contribution in [2.45, 2.75) is 45.4 Å². The van der Waals surface area contributed by atoms with Crippen molar-refractivity contribution in [1.82, 2.24) is 4.98 Å². The van der Waals surface area contributed by atoms with E-state index >= 15 is 0 Å². The third-order valence-corrected chi connectivity index (χ3v) is 4.55. The molecule has 0 atom stereocenters. The number of nitrogens with one attached hydrogen (secondary N) is 1. The molecular weight excluding hydrogens is 258 g/mol. The molecule has 1 aromatic heterocycles. The van der Waals surface area contributed by atoms with E-state index in [1.54, 1.807) is 0 Å². The summed E-state index contributed by atoms with van der Waals surface area (Å²) in [5.41, 5.74) is 9.95. The third-order valence-electron chi connectivity index (χ3n) is 4.55. The summed E-state index contributed by atoms with van der Waals surface area (Å²) in [5, 5.41) is 4.74. The molecule has 21 heavy (non-hydrogen) atoms.